The van der Waals surface area contributed by atoms with E-state index in [2.05, 4.69) is 19.9 Å². The molecule has 1 aliphatic rings. The minimum atomic E-state index is -1.21. The lowest BCUT2D eigenvalue weighted by Crippen LogP contribution is -2.32. The average molecular weight is 403 g/mol. The van der Waals surface area contributed by atoms with Crippen LogP contribution in [-0.4, -0.2) is 64.7 Å². The Morgan fingerprint density at radius 3 is 2.86 bits per heavy atom. The zero-order chi connectivity index (χ0) is 19.8. The molecular weight excluding hydrogens is 386 g/mol. The zero-order valence-electron chi connectivity index (χ0n) is 14.4. The number of aromatic nitrogens is 5. The van der Waals surface area contributed by atoms with Crippen LogP contribution in [0.5, 0.6) is 0 Å². The molecule has 4 heterocycles. The van der Waals surface area contributed by atoms with Gasteiger partial charge in [-0.05, 0) is 12.1 Å². The number of carbonyl (C=O) groups excluding carboxylic acids is 1. The SMILES string of the molecule is NC(=O)c1cccnc1SC[C@H]1O[C@@H](n2cnc3c(N)ncnc32)[C@H](O)[C@@H]1O. The number of nitrogens with two attached hydrogens (primary N) is 2. The third-order valence-corrected chi connectivity index (χ3v) is 5.51. The molecule has 0 aromatic carbocycles. The fraction of sp³-hybridized carbons (Fsp3) is 0.312. The number of amides is 1. The maximum absolute atomic E-state index is 11.5. The Balaban J connectivity index is 1.54. The number of hydrogen-bond donors (Lipinski definition) is 4. The van der Waals surface area contributed by atoms with Gasteiger partial charge in [0.15, 0.2) is 17.7 Å². The van der Waals surface area contributed by atoms with Crippen molar-refractivity contribution in [3.8, 4) is 0 Å². The number of nitrogen functional groups attached to an aromatic ring is 1. The largest absolute Gasteiger partial charge is 0.387 e. The van der Waals surface area contributed by atoms with E-state index in [0.29, 0.717) is 16.2 Å². The third kappa shape index (κ3) is 3.16. The van der Waals surface area contributed by atoms with Gasteiger partial charge in [-0.25, -0.2) is 19.9 Å². The van der Waals surface area contributed by atoms with Gasteiger partial charge in [0.25, 0.3) is 5.91 Å². The van der Waals surface area contributed by atoms with Crippen LogP contribution >= 0.6 is 11.8 Å². The number of pyridine rings is 1. The van der Waals surface area contributed by atoms with E-state index in [0.717, 1.165) is 0 Å². The number of nitrogens with zero attached hydrogens (tertiary/aromatic N) is 5. The van der Waals surface area contributed by atoms with E-state index < -0.39 is 30.4 Å². The molecule has 1 aliphatic heterocycles. The Kier molecular flexibility index (Phi) is 4.85. The Bertz CT molecular complexity index is 1030. The van der Waals surface area contributed by atoms with Gasteiger partial charge in [-0.15, -0.1) is 11.8 Å². The van der Waals surface area contributed by atoms with Crippen molar-refractivity contribution < 1.29 is 19.7 Å². The highest BCUT2D eigenvalue weighted by Gasteiger charge is 2.44. The average Bonchev–Trinajstić information content (AvgIpc) is 3.23. The van der Waals surface area contributed by atoms with Crippen LogP contribution in [0.4, 0.5) is 5.82 Å². The number of rotatable bonds is 5. The highest BCUT2D eigenvalue weighted by molar-refractivity contribution is 7.99. The minimum Gasteiger partial charge on any atom is -0.387 e. The molecule has 3 aromatic heterocycles. The molecule has 12 heteroatoms. The molecule has 1 fully saturated rings. The summed E-state index contributed by atoms with van der Waals surface area (Å²) in [7, 11) is 0. The molecule has 0 bridgehead atoms. The van der Waals surface area contributed by atoms with Crippen LogP contribution < -0.4 is 11.5 Å². The molecule has 0 aliphatic carbocycles. The molecule has 4 atom stereocenters. The zero-order valence-corrected chi connectivity index (χ0v) is 15.2. The maximum Gasteiger partial charge on any atom is 0.251 e. The molecule has 1 saturated heterocycles. The van der Waals surface area contributed by atoms with Crippen molar-refractivity contribution in [1.29, 1.82) is 0 Å². The van der Waals surface area contributed by atoms with E-state index >= 15 is 0 Å². The number of thioether (sulfide) groups is 1. The lowest BCUT2D eigenvalue weighted by molar-refractivity contribution is -0.0289. The first-order chi connectivity index (χ1) is 13.5. The van der Waals surface area contributed by atoms with E-state index in [4.69, 9.17) is 16.2 Å². The summed E-state index contributed by atoms with van der Waals surface area (Å²) in [6.45, 7) is 0. The standard InChI is InChI=1S/C16H17N7O4S/c17-12-9-14(21-5-20-12)23(6-22-9)16-11(25)10(24)8(27-16)4-28-15-7(13(18)26)2-1-3-19-15/h1-3,5-6,8,10-11,16,24-25H,4H2,(H2,18,26)(H2,17,20,21)/t8-,10-,11-,16-/m1/s1. The molecule has 146 valence electrons. The lowest BCUT2D eigenvalue weighted by atomic mass is 10.1. The van der Waals surface area contributed by atoms with E-state index in [-0.39, 0.29) is 17.1 Å². The monoisotopic (exact) mass is 403 g/mol. The number of carbonyl (C=O) groups is 1. The lowest BCUT2D eigenvalue weighted by Gasteiger charge is -2.16. The Hall–Kier alpha value is -2.80. The van der Waals surface area contributed by atoms with Gasteiger partial charge in [0.1, 0.15) is 29.1 Å². The van der Waals surface area contributed by atoms with Crippen molar-refractivity contribution >= 4 is 34.7 Å². The Labute approximate surface area is 162 Å². The molecule has 0 saturated carbocycles. The molecule has 0 radical (unpaired) electrons. The Morgan fingerprint density at radius 1 is 1.25 bits per heavy atom. The van der Waals surface area contributed by atoms with Crippen LogP contribution in [0.25, 0.3) is 11.2 Å². The summed E-state index contributed by atoms with van der Waals surface area (Å²) in [5.41, 5.74) is 12.2. The van der Waals surface area contributed by atoms with E-state index in [1.165, 1.54) is 29.0 Å². The van der Waals surface area contributed by atoms with Crippen LogP contribution in [0.3, 0.4) is 0 Å². The molecule has 1 amide bonds. The second-order valence-electron chi connectivity index (χ2n) is 6.16. The van der Waals surface area contributed by atoms with Gasteiger partial charge in [-0.2, -0.15) is 0 Å². The van der Waals surface area contributed by atoms with Crippen molar-refractivity contribution in [2.45, 2.75) is 29.6 Å². The molecule has 4 rings (SSSR count). The van der Waals surface area contributed by atoms with Crippen molar-refractivity contribution in [3.63, 3.8) is 0 Å². The number of aliphatic hydroxyl groups is 2. The number of imidazole rings is 1. The first-order valence-electron chi connectivity index (χ1n) is 8.29. The topological polar surface area (TPSA) is 175 Å². The first kappa shape index (κ1) is 18.6. The van der Waals surface area contributed by atoms with Gasteiger partial charge < -0.3 is 26.4 Å². The fourth-order valence-electron chi connectivity index (χ4n) is 3.01. The molecule has 0 unspecified atom stereocenters. The van der Waals surface area contributed by atoms with Crippen LogP contribution in [0.1, 0.15) is 16.6 Å². The summed E-state index contributed by atoms with van der Waals surface area (Å²) in [5, 5.41) is 21.3. The van der Waals surface area contributed by atoms with Crippen molar-refractivity contribution in [1.82, 2.24) is 24.5 Å². The number of fused-ring (bicyclic) bond motifs is 1. The second-order valence-corrected chi connectivity index (χ2v) is 7.17. The third-order valence-electron chi connectivity index (χ3n) is 4.42. The quantitative estimate of drug-likeness (QED) is 0.399. The highest BCUT2D eigenvalue weighted by Crippen LogP contribution is 2.34. The molecule has 11 nitrogen and oxygen atoms in total. The first-order valence-corrected chi connectivity index (χ1v) is 9.28. The fourth-order valence-corrected chi connectivity index (χ4v) is 4.06. The number of hydrogen-bond acceptors (Lipinski definition) is 10. The molecular formula is C16H17N7O4S. The summed E-state index contributed by atoms with van der Waals surface area (Å²) < 4.78 is 7.36. The van der Waals surface area contributed by atoms with E-state index in [1.54, 1.807) is 18.3 Å². The van der Waals surface area contributed by atoms with Crippen molar-refractivity contribution in [3.05, 3.63) is 36.5 Å². The van der Waals surface area contributed by atoms with Gasteiger partial charge >= 0.3 is 0 Å². The van der Waals surface area contributed by atoms with Crippen LogP contribution in [0.2, 0.25) is 0 Å². The maximum atomic E-state index is 11.5. The van der Waals surface area contributed by atoms with Gasteiger partial charge in [-0.3, -0.25) is 9.36 Å². The molecule has 28 heavy (non-hydrogen) atoms. The normalized spacial score (nSPS) is 24.6. The van der Waals surface area contributed by atoms with E-state index in [9.17, 15) is 15.0 Å². The number of aliphatic hydroxyl groups excluding tert-OH is 2. The summed E-state index contributed by atoms with van der Waals surface area (Å²) in [6.07, 6.45) is 0.264. The van der Waals surface area contributed by atoms with Crippen LogP contribution in [-0.2, 0) is 4.74 Å². The van der Waals surface area contributed by atoms with Crippen LogP contribution in [0, 0.1) is 0 Å². The minimum absolute atomic E-state index is 0.207. The molecule has 6 N–H and O–H groups in total. The summed E-state index contributed by atoms with van der Waals surface area (Å²) in [6, 6.07) is 3.19. The van der Waals surface area contributed by atoms with Gasteiger partial charge in [0, 0.05) is 11.9 Å². The Morgan fingerprint density at radius 2 is 2.07 bits per heavy atom. The summed E-state index contributed by atoms with van der Waals surface area (Å²) in [5.74, 6) is -0.142. The molecule has 3 aromatic rings. The second kappa shape index (κ2) is 7.31. The van der Waals surface area contributed by atoms with Gasteiger partial charge in [-0.1, -0.05) is 0 Å². The van der Waals surface area contributed by atoms with Crippen molar-refractivity contribution in [2.75, 3.05) is 11.5 Å². The van der Waals surface area contributed by atoms with Crippen molar-refractivity contribution in [2.24, 2.45) is 5.73 Å². The summed E-state index contributed by atoms with van der Waals surface area (Å²) in [4.78, 5) is 27.8. The number of primary amides is 1. The number of ether oxygens (including phenoxy) is 1. The van der Waals surface area contributed by atoms with E-state index in [1.807, 2.05) is 0 Å². The number of anilines is 1. The van der Waals surface area contributed by atoms with Gasteiger partial charge in [0.2, 0.25) is 0 Å². The highest BCUT2D eigenvalue weighted by atomic mass is 32.2. The smallest absolute Gasteiger partial charge is 0.251 e. The predicted octanol–water partition coefficient (Wildman–Crippen LogP) is -0.686. The predicted molar refractivity (Wildman–Crippen MR) is 99.1 cm³/mol. The summed E-state index contributed by atoms with van der Waals surface area (Å²) >= 11 is 1.21. The molecule has 0 spiro atoms. The van der Waals surface area contributed by atoms with Gasteiger partial charge in [0.05, 0.1) is 18.0 Å². The van der Waals surface area contributed by atoms with Crippen LogP contribution in [0.15, 0.2) is 36.0 Å².